The summed E-state index contributed by atoms with van der Waals surface area (Å²) in [6.45, 7) is 0. The Bertz CT molecular complexity index is 2750. The first kappa shape index (κ1) is 44.6. The van der Waals surface area contributed by atoms with Gasteiger partial charge in [-0.25, -0.2) is 18.7 Å². The zero-order chi connectivity index (χ0) is 42.6. The lowest BCUT2D eigenvalue weighted by Gasteiger charge is -2.23. The Morgan fingerprint density at radius 2 is 1.17 bits per heavy atom. The highest BCUT2D eigenvalue weighted by atomic mass is 35.5. The molecule has 9 nitrogen and oxygen atoms in total. The largest absolute Gasteiger partial charge is 0.506 e. The second-order valence-electron chi connectivity index (χ2n) is 12.0. The minimum atomic E-state index is -0.653. The second-order valence-corrected chi connectivity index (χ2v) is 14.4. The van der Waals surface area contributed by atoms with Gasteiger partial charge in [0.1, 0.15) is 45.8 Å². The summed E-state index contributed by atoms with van der Waals surface area (Å²) in [4.78, 5) is 26.4. The number of aromatic hydroxyl groups is 2. The number of halogens is 8. The number of rotatable bonds is 5. The highest BCUT2D eigenvalue weighted by molar-refractivity contribution is 6.42. The Balaban J connectivity index is 0.000000179. The zero-order valence-corrected chi connectivity index (χ0v) is 34.5. The van der Waals surface area contributed by atoms with Crippen molar-refractivity contribution in [1.82, 2.24) is 19.9 Å². The number of para-hydroxylation sites is 1. The lowest BCUT2D eigenvalue weighted by Crippen LogP contribution is -2.14. The maximum Gasteiger partial charge on any atom is 0.151 e. The molecule has 0 saturated carbocycles. The maximum absolute atomic E-state index is 13.6. The van der Waals surface area contributed by atoms with E-state index in [2.05, 4.69) is 25.3 Å². The third kappa shape index (κ3) is 12.0. The summed E-state index contributed by atoms with van der Waals surface area (Å²) in [6.07, 6.45) is 6.68. The number of phenolic OH excluding ortho intramolecular Hbond substituents is 2. The minimum absolute atomic E-state index is 0.0129. The van der Waals surface area contributed by atoms with Gasteiger partial charge in [-0.15, -0.1) is 0 Å². The van der Waals surface area contributed by atoms with Gasteiger partial charge in [0.05, 0.1) is 31.2 Å². The molecule has 0 radical (unpaired) electrons. The van der Waals surface area contributed by atoms with Gasteiger partial charge in [-0.05, 0) is 54.1 Å². The van der Waals surface area contributed by atoms with Crippen LogP contribution < -0.4 is 11.1 Å². The molecule has 4 heterocycles. The van der Waals surface area contributed by atoms with Crippen molar-refractivity contribution in [3.8, 4) is 11.5 Å². The minimum Gasteiger partial charge on any atom is -0.506 e. The van der Waals surface area contributed by atoms with E-state index in [1.807, 2.05) is 30.3 Å². The summed E-state index contributed by atoms with van der Waals surface area (Å²) < 4.78 is 25.9. The monoisotopic (exact) mass is 912 g/mol. The standard InChI is InChI=1S/C21H13Cl3FN3O.C9H7NO.C7H4ClFO.C5H4Cl2N2/c22-15-8-12(25)4-6-13(15)20(28-18-9-16(23)17(24)10-27-18)14-5-3-11-2-1-7-26-19(11)21(14)29;11-8-5-1-3-7-4-2-6-10-9(7)8;8-7-3-6(9)2-1-5(7)4-10;6-3-1-5(8)9-2-4(3)7/h1-10,20,29H,(H,27,28);1-6,11H;1-4H;1-2H,(H2,8,9). The zero-order valence-electron chi connectivity index (χ0n) is 30.0. The molecule has 8 aromatic rings. The van der Waals surface area contributed by atoms with Crippen LogP contribution in [-0.4, -0.2) is 36.4 Å². The first-order chi connectivity index (χ1) is 28.2. The van der Waals surface area contributed by atoms with Crippen LogP contribution in [0.2, 0.25) is 30.1 Å². The van der Waals surface area contributed by atoms with Crippen LogP contribution in [0, 0.1) is 11.6 Å². The number of nitrogens with zero attached hydrogens (tertiary/aromatic N) is 4. The molecule has 0 spiro atoms. The van der Waals surface area contributed by atoms with E-state index in [1.54, 1.807) is 48.8 Å². The van der Waals surface area contributed by atoms with Crippen molar-refractivity contribution >= 4 is 109 Å². The molecule has 0 aliphatic heterocycles. The highest BCUT2D eigenvalue weighted by Gasteiger charge is 2.23. The van der Waals surface area contributed by atoms with Crippen molar-refractivity contribution in [2.45, 2.75) is 6.04 Å². The normalized spacial score (nSPS) is 10.9. The lowest BCUT2D eigenvalue weighted by atomic mass is 9.96. The van der Waals surface area contributed by atoms with Crippen molar-refractivity contribution in [3.63, 3.8) is 0 Å². The van der Waals surface area contributed by atoms with Gasteiger partial charge < -0.3 is 21.3 Å². The topological polar surface area (TPSA) is 147 Å². The van der Waals surface area contributed by atoms with Gasteiger partial charge in [-0.3, -0.25) is 14.8 Å². The van der Waals surface area contributed by atoms with E-state index in [1.165, 1.54) is 42.7 Å². The highest BCUT2D eigenvalue weighted by Crippen LogP contribution is 2.39. The number of benzene rings is 4. The number of aromatic nitrogens is 4. The molecule has 0 saturated heterocycles. The van der Waals surface area contributed by atoms with Crippen LogP contribution in [0.4, 0.5) is 20.4 Å². The molecular weight excluding hydrogens is 887 g/mol. The number of nitrogens with one attached hydrogen (secondary N) is 1. The number of nitrogens with two attached hydrogens (primary N) is 1. The number of fused-ring (bicyclic) bond motifs is 2. The molecule has 1 unspecified atom stereocenters. The summed E-state index contributed by atoms with van der Waals surface area (Å²) in [5.41, 5.74) is 7.73. The number of hydrogen-bond acceptors (Lipinski definition) is 9. The summed E-state index contributed by atoms with van der Waals surface area (Å²) >= 11 is 34.9. The predicted octanol–water partition coefficient (Wildman–Crippen LogP) is 12.8. The van der Waals surface area contributed by atoms with E-state index >= 15 is 0 Å². The summed E-state index contributed by atoms with van der Waals surface area (Å²) in [7, 11) is 0. The number of pyridine rings is 4. The number of phenols is 2. The van der Waals surface area contributed by atoms with Crippen LogP contribution in [0.3, 0.4) is 0 Å². The van der Waals surface area contributed by atoms with Gasteiger partial charge in [0, 0.05) is 63.8 Å². The Labute approximate surface area is 365 Å². The Morgan fingerprint density at radius 1 is 0.593 bits per heavy atom. The number of nitrogen functional groups attached to an aromatic ring is 1. The first-order valence-electron chi connectivity index (χ1n) is 16.8. The molecule has 0 aliphatic carbocycles. The number of anilines is 2. The van der Waals surface area contributed by atoms with Crippen molar-refractivity contribution in [1.29, 1.82) is 0 Å². The van der Waals surface area contributed by atoms with E-state index < -0.39 is 17.7 Å². The van der Waals surface area contributed by atoms with Crippen molar-refractivity contribution in [2.75, 3.05) is 11.1 Å². The molecule has 4 aromatic heterocycles. The predicted molar refractivity (Wildman–Crippen MR) is 233 cm³/mol. The van der Waals surface area contributed by atoms with Gasteiger partial charge in [-0.2, -0.15) is 0 Å². The summed E-state index contributed by atoms with van der Waals surface area (Å²) in [6, 6.07) is 26.5. The van der Waals surface area contributed by atoms with E-state index in [0.717, 1.165) is 16.8 Å². The van der Waals surface area contributed by atoms with Crippen LogP contribution in [0.15, 0.2) is 128 Å². The molecule has 0 amide bonds. The molecule has 0 fully saturated rings. The quantitative estimate of drug-likeness (QED) is 0.124. The smallest absolute Gasteiger partial charge is 0.151 e. The van der Waals surface area contributed by atoms with Gasteiger partial charge in [0.15, 0.2) is 6.29 Å². The average molecular weight is 915 g/mol. The summed E-state index contributed by atoms with van der Waals surface area (Å²) in [5, 5.41) is 27.0. The molecule has 8 rings (SSSR count). The van der Waals surface area contributed by atoms with E-state index in [0.29, 0.717) is 65.7 Å². The Kier molecular flexibility index (Phi) is 15.8. The fourth-order valence-corrected chi connectivity index (χ4v) is 6.20. The number of hydrogen-bond donors (Lipinski definition) is 4. The Morgan fingerprint density at radius 3 is 1.76 bits per heavy atom. The van der Waals surface area contributed by atoms with E-state index in [-0.39, 0.29) is 21.5 Å². The Hall–Kier alpha value is -5.53. The van der Waals surface area contributed by atoms with Gasteiger partial charge in [0.25, 0.3) is 0 Å². The fraction of sp³-hybridized carbons (Fsp3) is 0.0238. The first-order valence-corrected chi connectivity index (χ1v) is 19.1. The van der Waals surface area contributed by atoms with Crippen LogP contribution in [-0.2, 0) is 0 Å². The van der Waals surface area contributed by atoms with Crippen LogP contribution in [0.1, 0.15) is 27.5 Å². The van der Waals surface area contributed by atoms with Crippen LogP contribution in [0.5, 0.6) is 11.5 Å². The number of carbonyl (C=O) groups excluding carboxylic acids is 1. The molecule has 1 atom stereocenters. The van der Waals surface area contributed by atoms with Crippen LogP contribution in [0.25, 0.3) is 21.8 Å². The molecule has 300 valence electrons. The third-order valence-corrected chi connectivity index (χ3v) is 10.1. The van der Waals surface area contributed by atoms with Crippen molar-refractivity contribution < 1.29 is 23.8 Å². The molecule has 59 heavy (non-hydrogen) atoms. The van der Waals surface area contributed by atoms with Crippen LogP contribution >= 0.6 is 69.6 Å². The van der Waals surface area contributed by atoms with Gasteiger partial charge in [0.2, 0.25) is 0 Å². The third-order valence-electron chi connectivity index (χ3n) is 8.00. The molecule has 0 bridgehead atoms. The van der Waals surface area contributed by atoms with E-state index in [4.69, 9.17) is 75.3 Å². The molecule has 4 aromatic carbocycles. The van der Waals surface area contributed by atoms with Crippen molar-refractivity contribution in [3.05, 3.63) is 186 Å². The molecular formula is C42H28Cl6F2N6O3. The average Bonchev–Trinajstić information content (AvgIpc) is 3.21. The SMILES string of the molecule is Nc1cc(Cl)c(Cl)cn1.O=Cc1ccc(F)cc1Cl.Oc1c(C(Nc2cc(Cl)c(Cl)cn2)c2ccc(F)cc2Cl)ccc2cccnc12.Oc1cccc2cccnc12. The van der Waals surface area contributed by atoms with Gasteiger partial charge in [-0.1, -0.05) is 112 Å². The number of carbonyl (C=O) groups is 1. The fourth-order valence-electron chi connectivity index (χ4n) is 5.19. The maximum atomic E-state index is 13.6. The van der Waals surface area contributed by atoms with Crippen molar-refractivity contribution in [2.24, 2.45) is 0 Å². The number of aldehydes is 1. The molecule has 5 N–H and O–H groups in total. The molecule has 0 aliphatic rings. The second kappa shape index (κ2) is 20.9. The van der Waals surface area contributed by atoms with E-state index in [9.17, 15) is 23.8 Å². The summed E-state index contributed by atoms with van der Waals surface area (Å²) in [5.74, 6) is 0.115. The van der Waals surface area contributed by atoms with Gasteiger partial charge >= 0.3 is 0 Å². The molecule has 17 heteroatoms. The lowest BCUT2D eigenvalue weighted by molar-refractivity contribution is 0.112.